The van der Waals surface area contributed by atoms with E-state index in [1.54, 1.807) is 0 Å². The average molecular weight is 479 g/mol. The zero-order valence-electron chi connectivity index (χ0n) is 20.6. The largest absolute Gasteiger partial charge is 0.206 e. The van der Waals surface area contributed by atoms with E-state index in [4.69, 9.17) is 0 Å². The first-order valence-corrected chi connectivity index (χ1v) is 12.4. The SMILES string of the molecule is Cc1ccc(-c2ccc(-c3nnnn3C(c3ccccc3)(c3ccccc3)c3ccccc3)cc2)cc1. The van der Waals surface area contributed by atoms with Crippen LogP contribution < -0.4 is 0 Å². The summed E-state index contributed by atoms with van der Waals surface area (Å²) in [5, 5.41) is 13.4. The van der Waals surface area contributed by atoms with E-state index in [0.717, 1.165) is 27.8 Å². The number of aryl methyl sites for hydroxylation is 1. The summed E-state index contributed by atoms with van der Waals surface area (Å²) < 4.78 is 1.97. The quantitative estimate of drug-likeness (QED) is 0.239. The van der Waals surface area contributed by atoms with Gasteiger partial charge in [-0.3, -0.25) is 0 Å². The van der Waals surface area contributed by atoms with Crippen LogP contribution in [-0.2, 0) is 5.54 Å². The lowest BCUT2D eigenvalue weighted by Gasteiger charge is -2.36. The number of hydrogen-bond acceptors (Lipinski definition) is 3. The Hall–Kier alpha value is -4.83. The number of hydrogen-bond donors (Lipinski definition) is 0. The first-order chi connectivity index (χ1) is 18.3. The predicted octanol–water partition coefficient (Wildman–Crippen LogP) is 7.16. The van der Waals surface area contributed by atoms with Crippen LogP contribution in [0.2, 0.25) is 0 Å². The summed E-state index contributed by atoms with van der Waals surface area (Å²) in [6.45, 7) is 2.10. The lowest BCUT2D eigenvalue weighted by Crippen LogP contribution is -2.39. The Labute approximate surface area is 216 Å². The standard InChI is InChI=1S/C33H26N4/c1-25-17-19-26(20-18-25)27-21-23-28(24-22-27)32-34-35-36-37(32)33(29-11-5-2-6-12-29,30-13-7-3-8-14-30)31-15-9-4-10-16-31/h2-24H,1H3. The molecule has 0 aliphatic carbocycles. The molecule has 0 bridgehead atoms. The van der Waals surface area contributed by atoms with Crippen molar-refractivity contribution in [2.75, 3.05) is 0 Å². The van der Waals surface area contributed by atoms with Crippen LogP contribution in [0.3, 0.4) is 0 Å². The molecule has 4 nitrogen and oxygen atoms in total. The van der Waals surface area contributed by atoms with Gasteiger partial charge in [-0.1, -0.05) is 145 Å². The van der Waals surface area contributed by atoms with Crippen molar-refractivity contribution in [3.05, 3.63) is 162 Å². The van der Waals surface area contributed by atoms with E-state index < -0.39 is 5.54 Å². The third-order valence-electron chi connectivity index (χ3n) is 6.89. The molecule has 0 spiro atoms. The smallest absolute Gasteiger partial charge is 0.183 e. The van der Waals surface area contributed by atoms with Gasteiger partial charge in [0.25, 0.3) is 0 Å². The van der Waals surface area contributed by atoms with E-state index >= 15 is 0 Å². The molecule has 4 heteroatoms. The summed E-state index contributed by atoms with van der Waals surface area (Å²) in [6.07, 6.45) is 0. The molecule has 0 fully saturated rings. The van der Waals surface area contributed by atoms with Gasteiger partial charge in [0.15, 0.2) is 5.82 Å². The molecule has 0 radical (unpaired) electrons. The molecule has 0 saturated carbocycles. The fourth-order valence-electron chi connectivity index (χ4n) is 5.06. The fourth-order valence-corrected chi connectivity index (χ4v) is 5.06. The van der Waals surface area contributed by atoms with Gasteiger partial charge in [-0.25, -0.2) is 4.68 Å². The van der Waals surface area contributed by atoms with Crippen LogP contribution in [0.1, 0.15) is 22.3 Å². The number of aromatic nitrogens is 4. The number of benzene rings is 5. The van der Waals surface area contributed by atoms with Crippen LogP contribution in [0.15, 0.2) is 140 Å². The maximum Gasteiger partial charge on any atom is 0.183 e. The maximum absolute atomic E-state index is 4.64. The van der Waals surface area contributed by atoms with E-state index in [9.17, 15) is 0 Å². The van der Waals surface area contributed by atoms with Gasteiger partial charge >= 0.3 is 0 Å². The molecule has 0 N–H and O–H groups in total. The van der Waals surface area contributed by atoms with Crippen LogP contribution in [0, 0.1) is 6.92 Å². The Morgan fingerprint density at radius 1 is 0.486 bits per heavy atom. The van der Waals surface area contributed by atoms with Crippen LogP contribution in [0.5, 0.6) is 0 Å². The van der Waals surface area contributed by atoms with Crippen molar-refractivity contribution in [1.29, 1.82) is 0 Å². The van der Waals surface area contributed by atoms with Crippen molar-refractivity contribution in [1.82, 2.24) is 20.2 Å². The second-order valence-corrected chi connectivity index (χ2v) is 9.17. The number of tetrazole rings is 1. The van der Waals surface area contributed by atoms with Gasteiger partial charge in [0.2, 0.25) is 0 Å². The first-order valence-electron chi connectivity index (χ1n) is 12.4. The van der Waals surface area contributed by atoms with Gasteiger partial charge in [-0.2, -0.15) is 0 Å². The van der Waals surface area contributed by atoms with E-state index in [1.807, 2.05) is 22.9 Å². The van der Waals surface area contributed by atoms with E-state index in [1.165, 1.54) is 11.1 Å². The van der Waals surface area contributed by atoms with Crippen molar-refractivity contribution in [3.8, 4) is 22.5 Å². The minimum atomic E-state index is -0.766. The number of nitrogens with zero attached hydrogens (tertiary/aromatic N) is 4. The van der Waals surface area contributed by atoms with Crippen LogP contribution >= 0.6 is 0 Å². The highest BCUT2D eigenvalue weighted by Gasteiger charge is 2.41. The van der Waals surface area contributed by atoms with Crippen LogP contribution in [-0.4, -0.2) is 20.2 Å². The molecule has 1 aromatic heterocycles. The molecule has 0 saturated heterocycles. The third-order valence-corrected chi connectivity index (χ3v) is 6.89. The molecule has 0 atom stereocenters. The molecule has 1 heterocycles. The second-order valence-electron chi connectivity index (χ2n) is 9.17. The molecule has 0 aliphatic heterocycles. The minimum absolute atomic E-state index is 0.701. The molecular weight excluding hydrogens is 452 g/mol. The van der Waals surface area contributed by atoms with Gasteiger partial charge in [0.05, 0.1) is 0 Å². The molecule has 5 aromatic carbocycles. The highest BCUT2D eigenvalue weighted by Crippen LogP contribution is 2.42. The molecule has 0 unspecified atom stereocenters. The highest BCUT2D eigenvalue weighted by molar-refractivity contribution is 5.68. The molecule has 178 valence electrons. The Balaban J connectivity index is 1.57. The van der Waals surface area contributed by atoms with Gasteiger partial charge in [0, 0.05) is 5.56 Å². The zero-order valence-corrected chi connectivity index (χ0v) is 20.6. The summed E-state index contributed by atoms with van der Waals surface area (Å²) in [7, 11) is 0. The van der Waals surface area contributed by atoms with E-state index in [-0.39, 0.29) is 0 Å². The summed E-state index contributed by atoms with van der Waals surface area (Å²) in [5.41, 5.74) is 7.02. The number of rotatable bonds is 6. The second kappa shape index (κ2) is 9.67. The van der Waals surface area contributed by atoms with Crippen molar-refractivity contribution >= 4 is 0 Å². The Kier molecular flexibility index (Phi) is 5.91. The van der Waals surface area contributed by atoms with Gasteiger partial charge < -0.3 is 0 Å². The summed E-state index contributed by atoms with van der Waals surface area (Å²) >= 11 is 0. The molecule has 6 aromatic rings. The van der Waals surface area contributed by atoms with Crippen molar-refractivity contribution in [2.45, 2.75) is 12.5 Å². The summed E-state index contributed by atoms with van der Waals surface area (Å²) in [4.78, 5) is 0. The van der Waals surface area contributed by atoms with Crippen molar-refractivity contribution < 1.29 is 0 Å². The Bertz CT molecular complexity index is 1490. The average Bonchev–Trinajstić information content (AvgIpc) is 3.46. The van der Waals surface area contributed by atoms with Gasteiger partial charge in [0.1, 0.15) is 5.54 Å². The summed E-state index contributed by atoms with van der Waals surface area (Å²) in [6, 6.07) is 48.4. The zero-order chi connectivity index (χ0) is 25.1. The summed E-state index contributed by atoms with van der Waals surface area (Å²) in [5.74, 6) is 0.701. The first kappa shape index (κ1) is 22.6. The predicted molar refractivity (Wildman–Crippen MR) is 148 cm³/mol. The maximum atomic E-state index is 4.64. The fraction of sp³-hybridized carbons (Fsp3) is 0.0606. The molecule has 37 heavy (non-hydrogen) atoms. The lowest BCUT2D eigenvalue weighted by molar-refractivity contribution is 0.451. The normalized spacial score (nSPS) is 11.4. The van der Waals surface area contributed by atoms with Gasteiger partial charge in [-0.15, -0.1) is 5.10 Å². The third kappa shape index (κ3) is 4.03. The molecule has 6 rings (SSSR count). The van der Waals surface area contributed by atoms with Crippen molar-refractivity contribution in [2.24, 2.45) is 0 Å². The van der Waals surface area contributed by atoms with Crippen LogP contribution in [0.25, 0.3) is 22.5 Å². The Morgan fingerprint density at radius 3 is 1.35 bits per heavy atom. The monoisotopic (exact) mass is 478 g/mol. The van der Waals surface area contributed by atoms with Gasteiger partial charge in [-0.05, 0) is 45.2 Å². The molecule has 0 amide bonds. The highest BCUT2D eigenvalue weighted by atomic mass is 15.6. The minimum Gasteiger partial charge on any atom is -0.206 e. The molecular formula is C33H26N4. The van der Waals surface area contributed by atoms with E-state index in [0.29, 0.717) is 5.82 Å². The van der Waals surface area contributed by atoms with E-state index in [2.05, 4.69) is 144 Å². The lowest BCUT2D eigenvalue weighted by atomic mass is 9.77. The van der Waals surface area contributed by atoms with Crippen LogP contribution in [0.4, 0.5) is 0 Å². The molecule has 0 aliphatic rings. The topological polar surface area (TPSA) is 43.6 Å². The van der Waals surface area contributed by atoms with Crippen molar-refractivity contribution in [3.63, 3.8) is 0 Å². The Morgan fingerprint density at radius 2 is 0.892 bits per heavy atom.